The standard InChI is InChI=1S/C16H24N2O6/c1-4-7-8-9-12-15(18(21)22)11(10-13(19)23-5-2)14(17-12)16(20)24-6-3/h17H,4-10H2,1-3H3. The molecule has 24 heavy (non-hydrogen) atoms. The average Bonchev–Trinajstić information content (AvgIpc) is 2.86. The number of hydrogen-bond donors (Lipinski definition) is 1. The van der Waals surface area contributed by atoms with Gasteiger partial charge in [0.1, 0.15) is 5.69 Å². The molecular formula is C16H24N2O6. The third-order valence-corrected chi connectivity index (χ3v) is 3.47. The zero-order valence-electron chi connectivity index (χ0n) is 14.3. The van der Waals surface area contributed by atoms with E-state index in [4.69, 9.17) is 9.47 Å². The Morgan fingerprint density at radius 3 is 2.33 bits per heavy atom. The number of H-pyrrole nitrogens is 1. The number of unbranched alkanes of at least 4 members (excludes halogenated alkanes) is 2. The molecule has 1 rings (SSSR count). The zero-order chi connectivity index (χ0) is 18.1. The van der Waals surface area contributed by atoms with E-state index in [-0.39, 0.29) is 36.6 Å². The summed E-state index contributed by atoms with van der Waals surface area (Å²) in [5.41, 5.74) is 0.115. The number of nitro groups is 1. The molecule has 0 saturated heterocycles. The molecule has 0 radical (unpaired) electrons. The topological polar surface area (TPSA) is 112 Å². The van der Waals surface area contributed by atoms with Crippen LogP contribution in [0.4, 0.5) is 5.69 Å². The molecule has 1 aromatic rings. The molecule has 0 aliphatic rings. The van der Waals surface area contributed by atoms with Gasteiger partial charge >= 0.3 is 11.9 Å². The summed E-state index contributed by atoms with van der Waals surface area (Å²) in [6.45, 7) is 5.61. The zero-order valence-corrected chi connectivity index (χ0v) is 14.3. The maximum Gasteiger partial charge on any atom is 0.355 e. The lowest BCUT2D eigenvalue weighted by atomic mass is 10.1. The SMILES string of the molecule is CCCCCc1[nH]c(C(=O)OCC)c(CC(=O)OCC)c1[N+](=O)[O-]. The summed E-state index contributed by atoms with van der Waals surface area (Å²) in [6.07, 6.45) is 2.72. The van der Waals surface area contributed by atoms with E-state index in [0.717, 1.165) is 19.3 Å². The van der Waals surface area contributed by atoms with Crippen LogP contribution in [0.3, 0.4) is 0 Å². The van der Waals surface area contributed by atoms with E-state index in [9.17, 15) is 19.7 Å². The van der Waals surface area contributed by atoms with Crippen LogP contribution in [-0.4, -0.2) is 35.1 Å². The van der Waals surface area contributed by atoms with Crippen LogP contribution in [0.5, 0.6) is 0 Å². The van der Waals surface area contributed by atoms with Gasteiger partial charge in [-0.2, -0.15) is 0 Å². The fourth-order valence-corrected chi connectivity index (χ4v) is 2.45. The van der Waals surface area contributed by atoms with E-state index < -0.39 is 16.9 Å². The molecule has 0 bridgehead atoms. The second-order valence-corrected chi connectivity index (χ2v) is 5.22. The highest BCUT2D eigenvalue weighted by Gasteiger charge is 2.31. The van der Waals surface area contributed by atoms with Crippen molar-refractivity contribution in [3.8, 4) is 0 Å². The molecule has 0 amide bonds. The molecule has 1 heterocycles. The van der Waals surface area contributed by atoms with Gasteiger partial charge in [0, 0.05) is 0 Å². The van der Waals surface area contributed by atoms with Gasteiger partial charge in [-0.25, -0.2) is 4.79 Å². The van der Waals surface area contributed by atoms with Crippen molar-refractivity contribution < 1.29 is 24.0 Å². The number of ether oxygens (including phenoxy) is 2. The van der Waals surface area contributed by atoms with Crippen molar-refractivity contribution in [1.82, 2.24) is 4.98 Å². The number of carbonyl (C=O) groups excluding carboxylic acids is 2. The molecule has 0 atom stereocenters. The van der Waals surface area contributed by atoms with Crippen molar-refractivity contribution in [3.63, 3.8) is 0 Å². The van der Waals surface area contributed by atoms with E-state index in [1.54, 1.807) is 13.8 Å². The molecule has 1 N–H and O–H groups in total. The highest BCUT2D eigenvalue weighted by molar-refractivity contribution is 5.93. The molecule has 0 aliphatic carbocycles. The van der Waals surface area contributed by atoms with Gasteiger partial charge in [-0.15, -0.1) is 0 Å². The van der Waals surface area contributed by atoms with E-state index in [0.29, 0.717) is 12.1 Å². The molecule has 1 aromatic heterocycles. The summed E-state index contributed by atoms with van der Waals surface area (Å²) in [6, 6.07) is 0. The lowest BCUT2D eigenvalue weighted by molar-refractivity contribution is -0.386. The van der Waals surface area contributed by atoms with Gasteiger partial charge in [0.2, 0.25) is 0 Å². The number of aromatic amines is 1. The molecule has 0 unspecified atom stereocenters. The second-order valence-electron chi connectivity index (χ2n) is 5.22. The number of nitrogens with one attached hydrogen (secondary N) is 1. The van der Waals surface area contributed by atoms with Crippen LogP contribution in [0, 0.1) is 10.1 Å². The van der Waals surface area contributed by atoms with E-state index in [1.165, 1.54) is 0 Å². The van der Waals surface area contributed by atoms with Crippen LogP contribution >= 0.6 is 0 Å². The average molecular weight is 340 g/mol. The minimum absolute atomic E-state index is 0.0309. The molecular weight excluding hydrogens is 316 g/mol. The smallest absolute Gasteiger partial charge is 0.355 e. The minimum Gasteiger partial charge on any atom is -0.466 e. The van der Waals surface area contributed by atoms with Crippen LogP contribution in [0.15, 0.2) is 0 Å². The molecule has 8 nitrogen and oxygen atoms in total. The summed E-state index contributed by atoms with van der Waals surface area (Å²) in [4.78, 5) is 37.6. The maximum absolute atomic E-state index is 12.1. The van der Waals surface area contributed by atoms with Gasteiger partial charge in [-0.1, -0.05) is 19.8 Å². The van der Waals surface area contributed by atoms with Crippen molar-refractivity contribution in [2.24, 2.45) is 0 Å². The summed E-state index contributed by atoms with van der Waals surface area (Å²) in [5.74, 6) is -1.33. The number of carbonyl (C=O) groups is 2. The van der Waals surface area contributed by atoms with Crippen molar-refractivity contribution in [2.75, 3.05) is 13.2 Å². The largest absolute Gasteiger partial charge is 0.466 e. The molecule has 0 saturated carbocycles. The molecule has 0 aromatic carbocycles. The summed E-state index contributed by atoms with van der Waals surface area (Å²) >= 11 is 0. The van der Waals surface area contributed by atoms with Crippen LogP contribution in [0.1, 0.15) is 61.8 Å². The number of rotatable bonds is 10. The number of aryl methyl sites for hydroxylation is 1. The highest BCUT2D eigenvalue weighted by Crippen LogP contribution is 2.30. The minimum atomic E-state index is -0.707. The summed E-state index contributed by atoms with van der Waals surface area (Å²) in [5, 5.41) is 11.5. The monoisotopic (exact) mass is 340 g/mol. The Balaban J connectivity index is 3.27. The molecule has 0 aliphatic heterocycles. The van der Waals surface area contributed by atoms with Gasteiger partial charge < -0.3 is 14.5 Å². The second kappa shape index (κ2) is 9.69. The van der Waals surface area contributed by atoms with Gasteiger partial charge in [-0.3, -0.25) is 14.9 Å². The van der Waals surface area contributed by atoms with Crippen molar-refractivity contribution >= 4 is 17.6 Å². The molecule has 8 heteroatoms. The van der Waals surface area contributed by atoms with Crippen LogP contribution in [0.25, 0.3) is 0 Å². The van der Waals surface area contributed by atoms with Crippen molar-refractivity contribution in [1.29, 1.82) is 0 Å². The fraction of sp³-hybridized carbons (Fsp3) is 0.625. The lowest BCUT2D eigenvalue weighted by Crippen LogP contribution is -2.13. The van der Waals surface area contributed by atoms with Gasteiger partial charge in [-0.05, 0) is 26.7 Å². The van der Waals surface area contributed by atoms with Crippen LogP contribution in [0.2, 0.25) is 0 Å². The summed E-state index contributed by atoms with van der Waals surface area (Å²) < 4.78 is 9.79. The first-order chi connectivity index (χ1) is 11.5. The predicted molar refractivity (Wildman–Crippen MR) is 87.0 cm³/mol. The van der Waals surface area contributed by atoms with Crippen molar-refractivity contribution in [3.05, 3.63) is 27.1 Å². The Kier molecular flexibility index (Phi) is 7.94. The Morgan fingerprint density at radius 2 is 1.79 bits per heavy atom. The third-order valence-electron chi connectivity index (χ3n) is 3.47. The third kappa shape index (κ3) is 5.07. The number of hydrogen-bond acceptors (Lipinski definition) is 6. The molecule has 134 valence electrons. The first-order valence-electron chi connectivity index (χ1n) is 8.16. The Hall–Kier alpha value is -2.38. The van der Waals surface area contributed by atoms with Gasteiger partial charge in [0.15, 0.2) is 0 Å². The van der Waals surface area contributed by atoms with Gasteiger partial charge in [0.25, 0.3) is 5.69 Å². The Morgan fingerprint density at radius 1 is 1.12 bits per heavy atom. The quantitative estimate of drug-likeness (QED) is 0.303. The first-order valence-corrected chi connectivity index (χ1v) is 8.16. The van der Waals surface area contributed by atoms with Gasteiger partial charge in [0.05, 0.1) is 35.8 Å². The summed E-state index contributed by atoms with van der Waals surface area (Å²) in [7, 11) is 0. The number of esters is 2. The highest BCUT2D eigenvalue weighted by atomic mass is 16.6. The Bertz CT molecular complexity index is 594. The first kappa shape index (κ1) is 19.7. The number of nitrogens with zero attached hydrogens (tertiary/aromatic N) is 1. The molecule has 0 fully saturated rings. The fourth-order valence-electron chi connectivity index (χ4n) is 2.45. The normalized spacial score (nSPS) is 10.5. The lowest BCUT2D eigenvalue weighted by Gasteiger charge is -2.04. The van der Waals surface area contributed by atoms with Crippen LogP contribution < -0.4 is 0 Å². The van der Waals surface area contributed by atoms with E-state index >= 15 is 0 Å². The van der Waals surface area contributed by atoms with Crippen LogP contribution in [-0.2, 0) is 27.1 Å². The van der Waals surface area contributed by atoms with Crippen molar-refractivity contribution in [2.45, 2.75) is 52.9 Å². The Labute approximate surface area is 140 Å². The maximum atomic E-state index is 12.1. The predicted octanol–water partition coefficient (Wildman–Crippen LogP) is 2.94. The number of aromatic nitrogens is 1. The molecule has 0 spiro atoms. The van der Waals surface area contributed by atoms with E-state index in [2.05, 4.69) is 4.98 Å². The van der Waals surface area contributed by atoms with E-state index in [1.807, 2.05) is 6.92 Å².